The molecule has 20 heavy (non-hydrogen) atoms. The van der Waals surface area contributed by atoms with Gasteiger partial charge in [-0.2, -0.15) is 5.10 Å². The Balaban J connectivity index is 1.96. The Morgan fingerprint density at radius 2 is 2.05 bits per heavy atom. The lowest BCUT2D eigenvalue weighted by molar-refractivity contribution is 0.661. The molecule has 108 valence electrons. The molecule has 0 saturated carbocycles. The van der Waals surface area contributed by atoms with Crippen LogP contribution in [-0.2, 0) is 13.5 Å². The van der Waals surface area contributed by atoms with Crippen LogP contribution in [0.5, 0.6) is 0 Å². The molecule has 0 aliphatic rings. The molecule has 0 spiro atoms. The van der Waals surface area contributed by atoms with Gasteiger partial charge in [-0.3, -0.25) is 4.68 Å². The summed E-state index contributed by atoms with van der Waals surface area (Å²) in [6.07, 6.45) is 6.34. The van der Waals surface area contributed by atoms with Crippen molar-refractivity contribution in [3.63, 3.8) is 0 Å². The fraction of sp³-hybridized carbons (Fsp3) is 0.438. The first kappa shape index (κ1) is 15.1. The van der Waals surface area contributed by atoms with Gasteiger partial charge in [0, 0.05) is 29.9 Å². The van der Waals surface area contributed by atoms with Crippen molar-refractivity contribution in [1.29, 1.82) is 0 Å². The summed E-state index contributed by atoms with van der Waals surface area (Å²) in [6, 6.07) is 9.36. The van der Waals surface area contributed by atoms with Crippen LogP contribution in [0.1, 0.15) is 30.5 Å². The highest BCUT2D eigenvalue weighted by Crippen LogP contribution is 2.24. The van der Waals surface area contributed by atoms with Crippen molar-refractivity contribution in [2.24, 2.45) is 7.05 Å². The SMILES string of the molecule is CCCc1ccc(C(CSc2cnn(C)c2)NC)cc1. The minimum absolute atomic E-state index is 0.371. The number of hydrogen-bond donors (Lipinski definition) is 1. The summed E-state index contributed by atoms with van der Waals surface area (Å²) in [5.41, 5.74) is 2.77. The van der Waals surface area contributed by atoms with Crippen LogP contribution in [-0.4, -0.2) is 22.6 Å². The van der Waals surface area contributed by atoms with Crippen LogP contribution in [0.4, 0.5) is 0 Å². The lowest BCUT2D eigenvalue weighted by atomic mass is 10.0. The zero-order valence-electron chi connectivity index (χ0n) is 12.5. The van der Waals surface area contributed by atoms with Gasteiger partial charge in [0.15, 0.2) is 0 Å². The highest BCUT2D eigenvalue weighted by atomic mass is 32.2. The first-order valence-electron chi connectivity index (χ1n) is 7.10. The van der Waals surface area contributed by atoms with E-state index in [1.807, 2.05) is 36.7 Å². The molecule has 4 heteroatoms. The van der Waals surface area contributed by atoms with Crippen molar-refractivity contribution >= 4 is 11.8 Å². The second kappa shape index (κ2) is 7.50. The molecule has 3 nitrogen and oxygen atoms in total. The van der Waals surface area contributed by atoms with E-state index in [1.54, 1.807) is 0 Å². The lowest BCUT2D eigenvalue weighted by Crippen LogP contribution is -2.18. The van der Waals surface area contributed by atoms with E-state index < -0.39 is 0 Å². The maximum Gasteiger partial charge on any atom is 0.0625 e. The molecular formula is C16H23N3S. The van der Waals surface area contributed by atoms with E-state index in [4.69, 9.17) is 0 Å². The number of nitrogens with one attached hydrogen (secondary N) is 1. The summed E-state index contributed by atoms with van der Waals surface area (Å²) in [5.74, 6) is 1.01. The number of aryl methyl sites for hydroxylation is 2. The summed E-state index contributed by atoms with van der Waals surface area (Å²) in [7, 11) is 3.97. The fourth-order valence-corrected chi connectivity index (χ4v) is 3.27. The molecular weight excluding hydrogens is 266 g/mol. The highest BCUT2D eigenvalue weighted by Gasteiger charge is 2.10. The molecule has 1 heterocycles. The Hall–Kier alpha value is -1.26. The predicted octanol–water partition coefficient (Wildman–Crippen LogP) is 3.43. The van der Waals surface area contributed by atoms with Crippen LogP contribution in [0.25, 0.3) is 0 Å². The molecule has 0 amide bonds. The second-order valence-electron chi connectivity index (χ2n) is 4.99. The zero-order valence-corrected chi connectivity index (χ0v) is 13.3. The number of aromatic nitrogens is 2. The van der Waals surface area contributed by atoms with Crippen LogP contribution < -0.4 is 5.32 Å². The number of rotatable bonds is 7. The van der Waals surface area contributed by atoms with Crippen LogP contribution in [0, 0.1) is 0 Å². The second-order valence-corrected chi connectivity index (χ2v) is 6.09. The van der Waals surface area contributed by atoms with E-state index in [0.717, 1.165) is 12.2 Å². The highest BCUT2D eigenvalue weighted by molar-refractivity contribution is 7.99. The van der Waals surface area contributed by atoms with Crippen LogP contribution >= 0.6 is 11.8 Å². The summed E-state index contributed by atoms with van der Waals surface area (Å²) >= 11 is 1.84. The quantitative estimate of drug-likeness (QED) is 0.792. The van der Waals surface area contributed by atoms with Gasteiger partial charge in [0.05, 0.1) is 6.20 Å². The Morgan fingerprint density at radius 3 is 2.60 bits per heavy atom. The Labute approximate surface area is 125 Å². The normalized spacial score (nSPS) is 12.6. The number of thioether (sulfide) groups is 1. The Kier molecular flexibility index (Phi) is 5.68. The molecule has 0 bridgehead atoms. The monoisotopic (exact) mass is 289 g/mol. The first-order chi connectivity index (χ1) is 9.72. The lowest BCUT2D eigenvalue weighted by Gasteiger charge is -2.16. The summed E-state index contributed by atoms with van der Waals surface area (Å²) in [6.45, 7) is 2.22. The third kappa shape index (κ3) is 4.12. The van der Waals surface area contributed by atoms with E-state index in [-0.39, 0.29) is 0 Å². The van der Waals surface area contributed by atoms with E-state index >= 15 is 0 Å². The number of hydrogen-bond acceptors (Lipinski definition) is 3. The molecule has 1 unspecified atom stereocenters. The van der Waals surface area contributed by atoms with Gasteiger partial charge < -0.3 is 5.32 Å². The average Bonchev–Trinajstić information content (AvgIpc) is 2.87. The minimum Gasteiger partial charge on any atom is -0.312 e. The molecule has 0 radical (unpaired) electrons. The third-order valence-corrected chi connectivity index (χ3v) is 4.41. The van der Waals surface area contributed by atoms with Crippen molar-refractivity contribution in [3.8, 4) is 0 Å². The molecule has 1 N–H and O–H groups in total. The maximum absolute atomic E-state index is 4.20. The molecule has 0 aliphatic heterocycles. The molecule has 1 aromatic heterocycles. The van der Waals surface area contributed by atoms with Crippen molar-refractivity contribution < 1.29 is 0 Å². The largest absolute Gasteiger partial charge is 0.312 e. The Bertz CT molecular complexity index is 519. The number of benzene rings is 1. The van der Waals surface area contributed by atoms with Crippen molar-refractivity contribution in [2.75, 3.05) is 12.8 Å². The molecule has 0 aliphatic carbocycles. The van der Waals surface area contributed by atoms with Crippen molar-refractivity contribution in [1.82, 2.24) is 15.1 Å². The van der Waals surface area contributed by atoms with Crippen molar-refractivity contribution in [3.05, 3.63) is 47.8 Å². The predicted molar refractivity (Wildman–Crippen MR) is 86.2 cm³/mol. The standard InChI is InChI=1S/C16H23N3S/c1-4-5-13-6-8-14(9-7-13)16(17-2)12-20-15-10-18-19(3)11-15/h6-11,16-17H,4-5,12H2,1-3H3. The van der Waals surface area contributed by atoms with Gasteiger partial charge in [0.2, 0.25) is 0 Å². The van der Waals surface area contributed by atoms with Gasteiger partial charge in [-0.05, 0) is 24.6 Å². The molecule has 1 aromatic carbocycles. The number of nitrogens with zero attached hydrogens (tertiary/aromatic N) is 2. The molecule has 2 aromatic rings. The van der Waals surface area contributed by atoms with Gasteiger partial charge in [0.1, 0.15) is 0 Å². The summed E-state index contributed by atoms with van der Waals surface area (Å²) < 4.78 is 1.84. The van der Waals surface area contributed by atoms with E-state index in [1.165, 1.54) is 22.4 Å². The topological polar surface area (TPSA) is 29.9 Å². The average molecular weight is 289 g/mol. The van der Waals surface area contributed by atoms with Crippen molar-refractivity contribution in [2.45, 2.75) is 30.7 Å². The van der Waals surface area contributed by atoms with E-state index in [0.29, 0.717) is 6.04 Å². The minimum atomic E-state index is 0.371. The zero-order chi connectivity index (χ0) is 14.4. The van der Waals surface area contributed by atoms with Gasteiger partial charge in [-0.25, -0.2) is 0 Å². The van der Waals surface area contributed by atoms with E-state index in [9.17, 15) is 0 Å². The van der Waals surface area contributed by atoms with Gasteiger partial charge >= 0.3 is 0 Å². The molecule has 1 atom stereocenters. The molecule has 2 rings (SSSR count). The molecule has 0 saturated heterocycles. The van der Waals surface area contributed by atoms with Crippen LogP contribution in [0.3, 0.4) is 0 Å². The Morgan fingerprint density at radius 1 is 1.30 bits per heavy atom. The molecule has 0 fully saturated rings. The van der Waals surface area contributed by atoms with Crippen LogP contribution in [0.15, 0.2) is 41.6 Å². The summed E-state index contributed by atoms with van der Waals surface area (Å²) in [4.78, 5) is 1.22. The third-order valence-electron chi connectivity index (χ3n) is 3.37. The van der Waals surface area contributed by atoms with Gasteiger partial charge in [-0.1, -0.05) is 37.6 Å². The maximum atomic E-state index is 4.20. The van der Waals surface area contributed by atoms with Crippen LogP contribution in [0.2, 0.25) is 0 Å². The van der Waals surface area contributed by atoms with E-state index in [2.05, 4.69) is 47.8 Å². The van der Waals surface area contributed by atoms with Gasteiger partial charge in [-0.15, -0.1) is 11.8 Å². The fourth-order valence-electron chi connectivity index (χ4n) is 2.20. The first-order valence-corrected chi connectivity index (χ1v) is 8.09. The summed E-state index contributed by atoms with van der Waals surface area (Å²) in [5, 5.41) is 7.60. The smallest absolute Gasteiger partial charge is 0.0625 e. The van der Waals surface area contributed by atoms with Gasteiger partial charge in [0.25, 0.3) is 0 Å².